The summed E-state index contributed by atoms with van der Waals surface area (Å²) in [5.74, 6) is 2.45. The molecule has 0 saturated heterocycles. The molecule has 8 heteroatoms. The van der Waals surface area contributed by atoms with Gasteiger partial charge in [0.1, 0.15) is 17.3 Å². The van der Waals surface area contributed by atoms with E-state index in [0.29, 0.717) is 30.1 Å². The molecule has 1 aromatic carbocycles. The summed E-state index contributed by atoms with van der Waals surface area (Å²) in [6.45, 7) is 3.56. The molecule has 0 amide bonds. The van der Waals surface area contributed by atoms with E-state index in [1.807, 2.05) is 6.07 Å². The third kappa shape index (κ3) is 4.34. The number of fused-ring (bicyclic) bond motifs is 2. The van der Waals surface area contributed by atoms with Crippen LogP contribution in [0.2, 0.25) is 0 Å². The molecular weight excluding hydrogens is 478 g/mol. The van der Waals surface area contributed by atoms with Gasteiger partial charge in [0.2, 0.25) is 6.79 Å². The van der Waals surface area contributed by atoms with Crippen LogP contribution in [-0.4, -0.2) is 42.0 Å². The number of hydrogen-bond acceptors (Lipinski definition) is 7. The van der Waals surface area contributed by atoms with E-state index < -0.39 is 0 Å². The highest BCUT2D eigenvalue weighted by Gasteiger charge is 2.33. The molecule has 2 saturated carbocycles. The van der Waals surface area contributed by atoms with E-state index >= 15 is 0 Å². The molecule has 1 aliphatic heterocycles. The lowest BCUT2D eigenvalue weighted by Crippen LogP contribution is -2.46. The van der Waals surface area contributed by atoms with E-state index in [4.69, 9.17) is 9.47 Å². The molecule has 0 bridgehead atoms. The van der Waals surface area contributed by atoms with Gasteiger partial charge in [-0.1, -0.05) is 6.42 Å². The van der Waals surface area contributed by atoms with Gasteiger partial charge in [-0.25, -0.2) is 4.98 Å². The van der Waals surface area contributed by atoms with Gasteiger partial charge < -0.3 is 23.8 Å². The van der Waals surface area contributed by atoms with Crippen molar-refractivity contribution in [2.45, 2.75) is 64.0 Å². The van der Waals surface area contributed by atoms with Crippen molar-refractivity contribution < 1.29 is 9.47 Å². The first-order valence-electron chi connectivity index (χ1n) is 13.7. The van der Waals surface area contributed by atoms with Crippen LogP contribution >= 0.6 is 0 Å². The molecule has 3 aromatic rings. The minimum absolute atomic E-state index is 0.0653. The fraction of sp³-hybridized carbons (Fsp3) is 0.500. The average molecular weight is 514 g/mol. The summed E-state index contributed by atoms with van der Waals surface area (Å²) in [4.78, 5) is 22.2. The van der Waals surface area contributed by atoms with Gasteiger partial charge in [-0.3, -0.25) is 4.79 Å². The van der Waals surface area contributed by atoms with Crippen LogP contribution in [0.3, 0.4) is 0 Å². The maximum Gasteiger partial charge on any atom is 0.252 e. The molecule has 2 aliphatic carbocycles. The fourth-order valence-corrected chi connectivity index (χ4v) is 6.34. The third-order valence-corrected chi connectivity index (χ3v) is 8.90. The number of aryl methyl sites for hydroxylation is 2. The summed E-state index contributed by atoms with van der Waals surface area (Å²) in [6, 6.07) is 12.4. The number of hydrogen-bond donors (Lipinski definition) is 0. The zero-order valence-corrected chi connectivity index (χ0v) is 22.4. The molecular formula is C30H35N5O3. The number of aromatic nitrogens is 2. The Morgan fingerprint density at radius 2 is 1.74 bits per heavy atom. The summed E-state index contributed by atoms with van der Waals surface area (Å²) in [6.07, 6.45) is 8.17. The van der Waals surface area contributed by atoms with Crippen molar-refractivity contribution in [2.24, 2.45) is 13.0 Å². The van der Waals surface area contributed by atoms with E-state index in [1.165, 1.54) is 30.5 Å². The van der Waals surface area contributed by atoms with Crippen LogP contribution in [0.4, 0.5) is 11.4 Å². The molecule has 198 valence electrons. The molecule has 6 rings (SSSR count). The highest BCUT2D eigenvalue weighted by Crippen LogP contribution is 2.42. The van der Waals surface area contributed by atoms with E-state index in [0.717, 1.165) is 60.8 Å². The second-order valence-corrected chi connectivity index (χ2v) is 11.1. The van der Waals surface area contributed by atoms with Crippen LogP contribution in [0.1, 0.15) is 56.2 Å². The lowest BCUT2D eigenvalue weighted by Gasteiger charge is -2.44. The van der Waals surface area contributed by atoms with Crippen LogP contribution in [0, 0.1) is 24.2 Å². The predicted molar refractivity (Wildman–Crippen MR) is 148 cm³/mol. The summed E-state index contributed by atoms with van der Waals surface area (Å²) in [5, 5.41) is 9.42. The minimum atomic E-state index is -0.0653. The molecule has 3 aliphatic rings. The fourth-order valence-electron chi connectivity index (χ4n) is 6.34. The zero-order chi connectivity index (χ0) is 26.4. The van der Waals surface area contributed by atoms with E-state index in [9.17, 15) is 10.1 Å². The van der Waals surface area contributed by atoms with E-state index in [1.54, 1.807) is 23.7 Å². The maximum absolute atomic E-state index is 12.8. The van der Waals surface area contributed by atoms with E-state index in [-0.39, 0.29) is 5.56 Å². The van der Waals surface area contributed by atoms with Gasteiger partial charge in [-0.15, -0.1) is 0 Å². The highest BCUT2D eigenvalue weighted by molar-refractivity contribution is 5.88. The molecule has 0 N–H and O–H groups in total. The predicted octanol–water partition coefficient (Wildman–Crippen LogP) is 4.90. The van der Waals surface area contributed by atoms with Crippen LogP contribution in [-0.2, 0) is 7.05 Å². The SMILES string of the molecule is Cc1cc2c(cc1N(CC1CCC1)[C@H]1CC[C@@H](N(C)c3cc(=O)n(C)c4ccc(C#N)nc34)CC1)OCO2. The van der Waals surface area contributed by atoms with Crippen molar-refractivity contribution in [1.82, 2.24) is 9.55 Å². The molecule has 0 atom stereocenters. The van der Waals surface area contributed by atoms with Gasteiger partial charge >= 0.3 is 0 Å². The van der Waals surface area contributed by atoms with Gasteiger partial charge in [0.25, 0.3) is 5.56 Å². The monoisotopic (exact) mass is 513 g/mol. The Balaban J connectivity index is 1.25. The van der Waals surface area contributed by atoms with Crippen molar-refractivity contribution in [3.8, 4) is 17.6 Å². The Labute approximate surface area is 223 Å². The van der Waals surface area contributed by atoms with Crippen molar-refractivity contribution in [3.05, 3.63) is 51.9 Å². The normalized spacial score (nSPS) is 20.7. The summed E-state index contributed by atoms with van der Waals surface area (Å²) in [7, 11) is 3.82. The molecule has 0 radical (unpaired) electrons. The molecule has 0 spiro atoms. The topological polar surface area (TPSA) is 83.6 Å². The van der Waals surface area contributed by atoms with Gasteiger partial charge in [0.05, 0.1) is 11.2 Å². The largest absolute Gasteiger partial charge is 0.454 e. The quantitative estimate of drug-likeness (QED) is 0.464. The van der Waals surface area contributed by atoms with E-state index in [2.05, 4.69) is 47.0 Å². The van der Waals surface area contributed by atoms with Crippen LogP contribution < -0.4 is 24.8 Å². The Morgan fingerprint density at radius 1 is 1.03 bits per heavy atom. The van der Waals surface area contributed by atoms with Crippen LogP contribution in [0.15, 0.2) is 35.1 Å². The van der Waals surface area contributed by atoms with Crippen molar-refractivity contribution in [3.63, 3.8) is 0 Å². The number of benzene rings is 1. The second kappa shape index (κ2) is 9.86. The number of ether oxygens (including phenoxy) is 2. The first kappa shape index (κ1) is 24.6. The summed E-state index contributed by atoms with van der Waals surface area (Å²) in [5.41, 5.74) is 5.06. The number of nitrogens with zero attached hydrogens (tertiary/aromatic N) is 5. The Kier molecular flexibility index (Phi) is 6.38. The third-order valence-electron chi connectivity index (χ3n) is 8.90. The molecule has 38 heavy (non-hydrogen) atoms. The average Bonchev–Trinajstić information content (AvgIpc) is 3.36. The zero-order valence-electron chi connectivity index (χ0n) is 22.4. The first-order valence-corrected chi connectivity index (χ1v) is 13.7. The van der Waals surface area contributed by atoms with Gasteiger partial charge in [-0.05, 0) is 75.1 Å². The van der Waals surface area contributed by atoms with Gasteiger partial charge in [-0.2, -0.15) is 5.26 Å². The Hall–Kier alpha value is -3.73. The Morgan fingerprint density at radius 3 is 2.42 bits per heavy atom. The van der Waals surface area contributed by atoms with Crippen LogP contribution in [0.5, 0.6) is 11.5 Å². The Bertz CT molecular complexity index is 1460. The number of rotatable bonds is 6. The second-order valence-electron chi connectivity index (χ2n) is 11.1. The van der Waals surface area contributed by atoms with Crippen molar-refractivity contribution in [2.75, 3.05) is 30.2 Å². The maximum atomic E-state index is 12.8. The smallest absolute Gasteiger partial charge is 0.252 e. The first-order chi connectivity index (χ1) is 18.4. The lowest BCUT2D eigenvalue weighted by atomic mass is 9.83. The molecule has 3 heterocycles. The molecule has 8 nitrogen and oxygen atoms in total. The molecule has 0 unspecified atom stereocenters. The highest BCUT2D eigenvalue weighted by atomic mass is 16.7. The van der Waals surface area contributed by atoms with Gasteiger partial charge in [0.15, 0.2) is 11.5 Å². The van der Waals surface area contributed by atoms with Crippen LogP contribution in [0.25, 0.3) is 11.0 Å². The lowest BCUT2D eigenvalue weighted by molar-refractivity contribution is 0.174. The number of anilines is 2. The molecule has 2 fully saturated rings. The van der Waals surface area contributed by atoms with Gasteiger partial charge in [0, 0.05) is 50.5 Å². The van der Waals surface area contributed by atoms with Crippen molar-refractivity contribution in [1.29, 1.82) is 5.26 Å². The van der Waals surface area contributed by atoms with Crippen molar-refractivity contribution >= 4 is 22.4 Å². The minimum Gasteiger partial charge on any atom is -0.454 e. The number of nitriles is 1. The number of pyridine rings is 2. The standard InChI is InChI=1S/C30H35N5O3/c1-19-13-27-28(38-18-37-27)14-25(19)35(17-20-5-4-6-20)23-10-8-22(9-11-23)33(2)26-15-29(36)34(3)24-12-7-21(16-31)32-30(24)26/h7,12-15,20,22-23H,4-6,8-11,17-18H2,1-3H3/t22-,23+. The summed E-state index contributed by atoms with van der Waals surface area (Å²) >= 11 is 0. The molecule has 2 aromatic heterocycles. The summed E-state index contributed by atoms with van der Waals surface area (Å²) < 4.78 is 13.0.